The van der Waals surface area contributed by atoms with E-state index in [9.17, 15) is 83.5 Å². The number of morpholine rings is 1. The molecule has 3 atom stereocenters. The van der Waals surface area contributed by atoms with Crippen molar-refractivity contribution in [1.82, 2.24) is 149 Å². The molecule has 21 amide bonds. The maximum absolute atomic E-state index is 13.1. The molecule has 17 N–H and O–H groups in total. The first-order valence-corrected chi connectivity index (χ1v) is 50.2. The fourth-order valence-electron chi connectivity index (χ4n) is 13.9. The summed E-state index contributed by atoms with van der Waals surface area (Å²) in [5.41, 5.74) is 3.50. The van der Waals surface area contributed by atoms with Gasteiger partial charge < -0.3 is 119 Å². The summed E-state index contributed by atoms with van der Waals surface area (Å²) in [6.07, 6.45) is 14.2. The molecule has 145 heavy (non-hydrogen) atoms. The monoisotopic (exact) mass is 2070 g/mol. The van der Waals surface area contributed by atoms with E-state index in [-0.39, 0.29) is 165 Å². The number of carbonyl (C=O) groups is 11. The zero-order chi connectivity index (χ0) is 109. The normalized spacial score (nSPS) is 17.7. The molecule has 4 aromatic heterocycles. The number of carbonyl (C=O) groups excluding carboxylic acids is 11. The Kier molecular flexibility index (Phi) is 56.2. The van der Waals surface area contributed by atoms with E-state index in [1.54, 1.807) is 70.7 Å². The van der Waals surface area contributed by atoms with E-state index >= 15 is 0 Å². The maximum Gasteiger partial charge on any atom is 0.407 e. The molecule has 5 saturated heterocycles. The minimum Gasteiger partial charge on any atom is -0.446 e. The summed E-state index contributed by atoms with van der Waals surface area (Å²) < 4.78 is 100. The van der Waals surface area contributed by atoms with Gasteiger partial charge >= 0.3 is 66.4 Å². The number of hydrogen-bond acceptors (Lipinski definition) is 19. The summed E-state index contributed by atoms with van der Waals surface area (Å²) in [5.74, 6) is -6.50. The van der Waals surface area contributed by atoms with E-state index in [1.165, 1.54) is 61.8 Å². The van der Waals surface area contributed by atoms with Gasteiger partial charge in [-0.05, 0) is 260 Å². The number of aromatic amines is 1. The molecule has 3 unspecified atom stereocenters. The van der Waals surface area contributed by atoms with Gasteiger partial charge in [-0.3, -0.25) is 14.8 Å². The minimum absolute atomic E-state index is 0.0123. The molecule has 4 aliphatic carbocycles. The van der Waals surface area contributed by atoms with Crippen molar-refractivity contribution in [3.8, 4) is 0 Å². The molecule has 49 heteroatoms. The Balaban J connectivity index is 0.000000410. The number of halogens is 7. The Bertz CT molecular complexity index is 4430. The molecule has 42 nitrogen and oxygen atoms in total. The van der Waals surface area contributed by atoms with Crippen molar-refractivity contribution in [2.75, 3.05) is 72.1 Å². The van der Waals surface area contributed by atoms with Gasteiger partial charge in [-0.25, -0.2) is 98.4 Å². The van der Waals surface area contributed by atoms with Crippen LogP contribution in [0, 0.1) is 31.0 Å². The Hall–Kier alpha value is -12.0. The SMILES string of the molecule is CC(C)NC(=O)N1CC2CCC1C2.CC(C)NC(=O)N1CCC(F)(F)C1.CC(C)NC(=O)N1CCC2(CC2)C1.CC(C)NC(=O)N1CCCC(F)(F)C1.CC(C)NC(=O)N1CCOCC1.CC(C)NC(=O)NC1CC1(F)F.CC(C)NC(=O)NCc1ncccc1F.CC(C)NC(=O)NCc1ncn(C)n1.CC(C)NC(=O)OC1CC1.Cc1cc(CNC(=O)NC(C)C)n[nH]1.Cc1ccnc(CNC(=O)NC(C)C)n1. The van der Waals surface area contributed by atoms with Crippen molar-refractivity contribution in [3.05, 3.63) is 83.2 Å². The van der Waals surface area contributed by atoms with E-state index in [2.05, 4.69) is 120 Å². The van der Waals surface area contributed by atoms with Crippen molar-refractivity contribution in [2.45, 2.75) is 372 Å². The highest BCUT2D eigenvalue weighted by molar-refractivity contribution is 5.79. The highest BCUT2D eigenvalue weighted by Gasteiger charge is 2.58. The molecule has 1 spiro atoms. The highest BCUT2D eigenvalue weighted by atomic mass is 19.3. The number of aromatic nitrogens is 8. The minimum atomic E-state index is -2.72. The Labute approximate surface area is 850 Å². The van der Waals surface area contributed by atoms with Crippen LogP contribution in [-0.2, 0) is 42.7 Å². The Morgan fingerprint density at radius 2 is 0.910 bits per heavy atom. The molecule has 4 aromatic rings. The Morgan fingerprint density at radius 3 is 1.30 bits per heavy atom. The predicted octanol–water partition coefficient (Wildman–Crippen LogP) is 12.7. The molecule has 9 heterocycles. The molecular weight excluding hydrogens is 1900 g/mol. The molecular formula is C96H168F7N29O13. The molecule has 9 aliphatic rings. The maximum atomic E-state index is 13.1. The van der Waals surface area contributed by atoms with Gasteiger partial charge in [0.25, 0.3) is 17.8 Å². The van der Waals surface area contributed by atoms with Crippen LogP contribution in [-0.4, -0.2) is 305 Å². The number of nitrogens with one attached hydrogen (secondary N) is 17. The number of pyridine rings is 1. The van der Waals surface area contributed by atoms with E-state index < -0.39 is 54.8 Å². The van der Waals surface area contributed by atoms with Crippen LogP contribution in [0.1, 0.15) is 264 Å². The van der Waals surface area contributed by atoms with Crippen molar-refractivity contribution < 1.29 is 92.9 Å². The third kappa shape index (κ3) is 58.7. The van der Waals surface area contributed by atoms with E-state index in [0.29, 0.717) is 82.0 Å². The smallest absolute Gasteiger partial charge is 0.407 e. The van der Waals surface area contributed by atoms with Gasteiger partial charge in [-0.1, -0.05) is 0 Å². The highest BCUT2D eigenvalue weighted by Crippen LogP contribution is 2.52. The van der Waals surface area contributed by atoms with Crippen molar-refractivity contribution in [1.29, 1.82) is 0 Å². The third-order valence-corrected chi connectivity index (χ3v) is 21.0. The number of H-pyrrole nitrogens is 1. The number of fused-ring (bicyclic) bond motifs is 2. The second-order valence-corrected chi connectivity index (χ2v) is 40.2. The zero-order valence-corrected chi connectivity index (χ0v) is 89.6. The number of likely N-dealkylation sites (tertiary alicyclic amines) is 4. The quantitative estimate of drug-likeness (QED) is 0.0345. The van der Waals surface area contributed by atoms with E-state index in [1.807, 2.05) is 147 Å². The number of piperidine rings is 2. The lowest BCUT2D eigenvalue weighted by Gasteiger charge is -2.32. The predicted molar refractivity (Wildman–Crippen MR) is 539 cm³/mol. The van der Waals surface area contributed by atoms with Crippen LogP contribution in [0.5, 0.6) is 0 Å². The number of nitrogens with zero attached hydrogens (tertiary/aromatic N) is 12. The molecule has 0 radical (unpaired) electrons. The lowest BCUT2D eigenvalue weighted by Crippen LogP contribution is -2.50. The van der Waals surface area contributed by atoms with Gasteiger partial charge in [-0.2, -0.15) is 10.2 Å². The molecule has 824 valence electrons. The molecule has 13 rings (SSSR count). The fourth-order valence-corrected chi connectivity index (χ4v) is 13.9. The molecule has 2 bridgehead atoms. The molecule has 4 saturated carbocycles. The second kappa shape index (κ2) is 64.1. The molecule has 0 aromatic carbocycles. The van der Waals surface area contributed by atoms with Crippen molar-refractivity contribution >= 4 is 66.4 Å². The number of urea groups is 10. The van der Waals surface area contributed by atoms with Crippen LogP contribution in [0.3, 0.4) is 0 Å². The van der Waals surface area contributed by atoms with Gasteiger partial charge in [0.1, 0.15) is 30.1 Å². The Morgan fingerprint density at radius 1 is 0.469 bits per heavy atom. The lowest BCUT2D eigenvalue weighted by atomic mass is 10.1. The first kappa shape index (κ1) is 127. The first-order valence-electron chi connectivity index (χ1n) is 50.2. The number of ether oxygens (including phenoxy) is 2. The summed E-state index contributed by atoms with van der Waals surface area (Å²) in [4.78, 5) is 148. The average Bonchev–Trinajstić information content (AvgIpc) is 1.60. The first-order chi connectivity index (χ1) is 67.7. The second-order valence-electron chi connectivity index (χ2n) is 40.2. The van der Waals surface area contributed by atoms with Crippen LogP contribution < -0.4 is 85.1 Å². The largest absolute Gasteiger partial charge is 0.446 e. The standard InChI is InChI=1S/C10H14FN3O.C10H16N4O.2C10H18N2O.C9H16F2N2O.C9H16N4O.C8H14F2N2O.C8H15N5O.C8H16N2O2.C7H12F2N2O.C7H13NO2/c1-7(2)14-10(15)13-6-9-8(11)4-3-5-12-9;1-7(2)13-10(15)12-6-9-11-5-4-8(3)14-9;1-7(2)11-10(13)12-6-8-3-4-9(12)5-8;1-8(2)11-9(13)12-6-5-10(7-12)3-4-10;1-7(2)12-8(14)13-5-3-4-9(10,11)6-13;1-6(2)11-9(14)10-5-8-4-7(3)12-13-8;1-6(2)11-7(13)12-4-3-8(9,10)5-12;1-6(2)11-8(14)9-4-7-10-5-13(3)12-7;1-7(2)9-8(11)10-3-5-12-6-4-10;1-4(2)10-6(12)11-5-3-7(5,8)9;1-5(2)8-7(9)10-6-3-4-6/h3-5,7H,6H2,1-2H3,(H2,13,14,15);4-5,7H,6H2,1-3H3,(H2,12,13,15);7-9H,3-6H2,1-2H3,(H,11,13);8H,3-7H2,1-2H3,(H,11,13);7H,3-6H2,1-2H3,(H,12,14);4,6H,5H2,1-3H3,(H,12,13)(H2,10,11,14);6H,3-5H2,1-2H3,(H,11,13);5-6H,4H2,1-3H3,(H2,9,11,14);7H,3-6H2,1-2H3,(H,9,11);4-5H,3H2,1-2H3,(H2,10,11,12);5-6H,3-4H2,1-2H3,(H,8,9). The van der Waals surface area contributed by atoms with Crippen LogP contribution in [0.4, 0.5) is 83.5 Å². The number of hydrogen-bond donors (Lipinski definition) is 17. The number of rotatable bonds is 21. The van der Waals surface area contributed by atoms with Gasteiger partial charge in [0, 0.05) is 168 Å². The van der Waals surface area contributed by atoms with Gasteiger partial charge in [0.05, 0.1) is 63.9 Å². The van der Waals surface area contributed by atoms with Gasteiger partial charge in [-0.15, -0.1) is 0 Å². The summed E-state index contributed by atoms with van der Waals surface area (Å²) in [6, 6.07) is 5.50. The van der Waals surface area contributed by atoms with Gasteiger partial charge in [0.2, 0.25) is 0 Å². The fraction of sp³-hybridized carbons (Fsp3) is 0.740. The van der Waals surface area contributed by atoms with Crippen LogP contribution >= 0.6 is 0 Å². The van der Waals surface area contributed by atoms with E-state index in [0.717, 1.165) is 60.4 Å². The number of alkyl carbamates (subject to hydrolysis) is 1. The van der Waals surface area contributed by atoms with Crippen LogP contribution in [0.15, 0.2) is 43.0 Å². The number of alkyl halides is 6. The number of amides is 21. The average molecular weight is 2070 g/mol. The molecule has 9 fully saturated rings. The van der Waals surface area contributed by atoms with E-state index in [4.69, 9.17) is 9.47 Å². The van der Waals surface area contributed by atoms with Crippen molar-refractivity contribution in [2.24, 2.45) is 18.4 Å². The van der Waals surface area contributed by atoms with Crippen LogP contribution in [0.2, 0.25) is 0 Å². The third-order valence-electron chi connectivity index (χ3n) is 21.0. The lowest BCUT2D eigenvalue weighted by molar-refractivity contribution is -0.0525. The number of aryl methyl sites for hydroxylation is 3. The summed E-state index contributed by atoms with van der Waals surface area (Å²) in [7, 11) is 1.78. The zero-order valence-electron chi connectivity index (χ0n) is 89.6. The molecule has 5 aliphatic heterocycles. The van der Waals surface area contributed by atoms with Crippen LogP contribution in [0.25, 0.3) is 0 Å². The summed E-state index contributed by atoms with van der Waals surface area (Å²) in [5, 5.41) is 53.4. The van der Waals surface area contributed by atoms with Crippen molar-refractivity contribution in [3.63, 3.8) is 0 Å². The summed E-state index contributed by atoms with van der Waals surface area (Å²) >= 11 is 0. The summed E-state index contributed by atoms with van der Waals surface area (Å²) in [6.45, 7) is 52.0. The topological polar surface area (TPSA) is 513 Å². The van der Waals surface area contributed by atoms with Gasteiger partial charge in [0.15, 0.2) is 5.82 Å².